The van der Waals surface area contributed by atoms with Gasteiger partial charge in [0.15, 0.2) is 0 Å². The number of aryl methyl sites for hydroxylation is 1. The van der Waals surface area contributed by atoms with Gasteiger partial charge in [0.25, 0.3) is 11.8 Å². The summed E-state index contributed by atoms with van der Waals surface area (Å²) in [6.45, 7) is 4.16. The summed E-state index contributed by atoms with van der Waals surface area (Å²) in [5.41, 5.74) is 2.55. The third-order valence-electron chi connectivity index (χ3n) is 5.65. The lowest BCUT2D eigenvalue weighted by Crippen LogP contribution is -2.53. The van der Waals surface area contributed by atoms with Crippen molar-refractivity contribution in [2.45, 2.75) is 24.6 Å². The van der Waals surface area contributed by atoms with Crippen LogP contribution < -0.4 is 0 Å². The van der Waals surface area contributed by atoms with Crippen LogP contribution in [0.25, 0.3) is 0 Å². The molecule has 0 saturated carbocycles. The van der Waals surface area contributed by atoms with Crippen molar-refractivity contribution in [3.05, 3.63) is 71.3 Å². The summed E-state index contributed by atoms with van der Waals surface area (Å²) in [5, 5.41) is 0. The van der Waals surface area contributed by atoms with E-state index in [-0.39, 0.29) is 16.7 Å². The van der Waals surface area contributed by atoms with E-state index in [2.05, 4.69) is 4.90 Å². The summed E-state index contributed by atoms with van der Waals surface area (Å²) in [6, 6.07) is 17.3. The fraction of sp³-hybridized carbons (Fsp3) is 0.364. The van der Waals surface area contributed by atoms with Crippen molar-refractivity contribution in [2.24, 2.45) is 0 Å². The number of piperidine rings is 1. The molecule has 1 spiro atoms. The minimum Gasteiger partial charge on any atom is -0.338 e. The maximum absolute atomic E-state index is 13.2. The highest BCUT2D eigenvalue weighted by atomic mass is 32.2. The van der Waals surface area contributed by atoms with Gasteiger partial charge < -0.3 is 9.80 Å². The average Bonchev–Trinajstić information content (AvgIpc) is 3.11. The van der Waals surface area contributed by atoms with Gasteiger partial charge in [-0.15, -0.1) is 11.8 Å². The Morgan fingerprint density at radius 3 is 2.26 bits per heavy atom. The first-order valence-electron chi connectivity index (χ1n) is 9.47. The topological polar surface area (TPSA) is 40.6 Å². The van der Waals surface area contributed by atoms with Crippen molar-refractivity contribution >= 4 is 23.6 Å². The van der Waals surface area contributed by atoms with Crippen LogP contribution in [-0.2, 0) is 0 Å². The molecule has 0 unspecified atom stereocenters. The molecule has 0 radical (unpaired) electrons. The fourth-order valence-electron chi connectivity index (χ4n) is 4.09. The smallest absolute Gasteiger partial charge is 0.255 e. The monoisotopic (exact) mass is 380 g/mol. The van der Waals surface area contributed by atoms with Crippen molar-refractivity contribution < 1.29 is 9.59 Å². The van der Waals surface area contributed by atoms with Gasteiger partial charge in [-0.3, -0.25) is 9.59 Å². The minimum atomic E-state index is -0.174. The van der Waals surface area contributed by atoms with E-state index in [1.807, 2.05) is 78.2 Å². The van der Waals surface area contributed by atoms with Crippen molar-refractivity contribution in [1.29, 1.82) is 0 Å². The second-order valence-corrected chi connectivity index (χ2v) is 8.68. The Balaban J connectivity index is 1.49. The molecule has 2 aliphatic heterocycles. The Morgan fingerprint density at radius 2 is 1.56 bits per heavy atom. The van der Waals surface area contributed by atoms with Crippen LogP contribution in [0.5, 0.6) is 0 Å². The van der Waals surface area contributed by atoms with Crippen LogP contribution in [0, 0.1) is 6.92 Å². The molecule has 5 heteroatoms. The molecule has 27 heavy (non-hydrogen) atoms. The van der Waals surface area contributed by atoms with Crippen LogP contribution in [-0.4, -0.2) is 51.9 Å². The number of hydrogen-bond donors (Lipinski definition) is 0. The third-order valence-corrected chi connectivity index (χ3v) is 7.20. The van der Waals surface area contributed by atoms with Crippen molar-refractivity contribution in [2.75, 3.05) is 25.4 Å². The molecule has 0 N–H and O–H groups in total. The highest BCUT2D eigenvalue weighted by Crippen LogP contribution is 2.44. The summed E-state index contributed by atoms with van der Waals surface area (Å²) in [6.07, 6.45) is 1.65. The Labute approximate surface area is 164 Å². The van der Waals surface area contributed by atoms with Crippen LogP contribution in [0.15, 0.2) is 54.6 Å². The molecule has 4 nitrogen and oxygen atoms in total. The number of likely N-dealkylation sites (tertiary alicyclic amines) is 1. The normalized spacial score (nSPS) is 18.7. The van der Waals surface area contributed by atoms with Gasteiger partial charge in [-0.2, -0.15) is 0 Å². The highest BCUT2D eigenvalue weighted by Gasteiger charge is 2.47. The molecule has 140 valence electrons. The lowest BCUT2D eigenvalue weighted by molar-refractivity contribution is 0.0497. The lowest BCUT2D eigenvalue weighted by atomic mass is 9.99. The van der Waals surface area contributed by atoms with Gasteiger partial charge in [0.2, 0.25) is 0 Å². The number of nitrogens with zero attached hydrogens (tertiary/aromatic N) is 2. The molecular weight excluding hydrogens is 356 g/mol. The van der Waals surface area contributed by atoms with Crippen LogP contribution in [0.3, 0.4) is 0 Å². The molecule has 2 aromatic carbocycles. The van der Waals surface area contributed by atoms with E-state index in [9.17, 15) is 9.59 Å². The zero-order valence-corrected chi connectivity index (χ0v) is 16.4. The SMILES string of the molecule is Cc1ccccc1C(=O)N1CCSC12CCN(C(=O)c1ccccc1)CC2. The molecular formula is C22H24N2O2S. The van der Waals surface area contributed by atoms with E-state index in [1.165, 1.54) is 0 Å². The molecule has 4 rings (SSSR count). The molecule has 0 aromatic heterocycles. The molecule has 2 heterocycles. The number of carbonyl (C=O) groups is 2. The fourth-order valence-corrected chi connectivity index (χ4v) is 5.55. The standard InChI is InChI=1S/C22H24N2O2S/c1-17-7-5-6-10-19(17)21(26)24-15-16-27-22(24)11-13-23(14-12-22)20(25)18-8-3-2-4-9-18/h2-10H,11-16H2,1H3. The average molecular weight is 381 g/mol. The van der Waals surface area contributed by atoms with E-state index in [0.717, 1.165) is 41.8 Å². The number of carbonyl (C=O) groups excluding carboxylic acids is 2. The van der Waals surface area contributed by atoms with Gasteiger partial charge in [0.05, 0.1) is 4.87 Å². The van der Waals surface area contributed by atoms with E-state index < -0.39 is 0 Å². The number of amides is 2. The van der Waals surface area contributed by atoms with Crippen molar-refractivity contribution in [3.8, 4) is 0 Å². The largest absolute Gasteiger partial charge is 0.338 e. The quantitative estimate of drug-likeness (QED) is 0.795. The first-order chi connectivity index (χ1) is 13.1. The second-order valence-electron chi connectivity index (χ2n) is 7.22. The third kappa shape index (κ3) is 3.36. The van der Waals surface area contributed by atoms with Gasteiger partial charge in [0.1, 0.15) is 0 Å². The number of rotatable bonds is 2. The van der Waals surface area contributed by atoms with E-state index in [1.54, 1.807) is 0 Å². The number of benzene rings is 2. The van der Waals surface area contributed by atoms with E-state index in [0.29, 0.717) is 13.1 Å². The molecule has 2 aromatic rings. The maximum Gasteiger partial charge on any atom is 0.255 e. The molecule has 0 bridgehead atoms. The number of thioether (sulfide) groups is 1. The summed E-state index contributed by atoms with van der Waals surface area (Å²) >= 11 is 1.88. The number of hydrogen-bond acceptors (Lipinski definition) is 3. The second kappa shape index (κ2) is 7.39. The first-order valence-corrected chi connectivity index (χ1v) is 10.5. The van der Waals surface area contributed by atoms with E-state index in [4.69, 9.17) is 0 Å². The predicted octanol–water partition coefficient (Wildman–Crippen LogP) is 3.82. The van der Waals surface area contributed by atoms with Gasteiger partial charge in [-0.25, -0.2) is 0 Å². The summed E-state index contributed by atoms with van der Waals surface area (Å²) in [5.74, 6) is 1.18. The van der Waals surface area contributed by atoms with Gasteiger partial charge >= 0.3 is 0 Å². The Kier molecular flexibility index (Phi) is 4.96. The first kappa shape index (κ1) is 18.1. The lowest BCUT2D eigenvalue weighted by Gasteiger charge is -2.44. The van der Waals surface area contributed by atoms with Crippen LogP contribution in [0.4, 0.5) is 0 Å². The van der Waals surface area contributed by atoms with Gasteiger partial charge in [-0.05, 0) is 43.5 Å². The highest BCUT2D eigenvalue weighted by molar-refractivity contribution is 8.00. The molecule has 2 saturated heterocycles. The Bertz CT molecular complexity index is 844. The van der Waals surface area contributed by atoms with Crippen LogP contribution >= 0.6 is 11.8 Å². The molecule has 2 amide bonds. The predicted molar refractivity (Wildman–Crippen MR) is 109 cm³/mol. The molecule has 2 fully saturated rings. The zero-order valence-electron chi connectivity index (χ0n) is 15.6. The molecule has 0 aliphatic carbocycles. The summed E-state index contributed by atoms with van der Waals surface area (Å²) in [4.78, 5) is 29.7. The van der Waals surface area contributed by atoms with Gasteiger partial charge in [0, 0.05) is 36.5 Å². The van der Waals surface area contributed by atoms with Gasteiger partial charge in [-0.1, -0.05) is 36.4 Å². The molecule has 0 atom stereocenters. The van der Waals surface area contributed by atoms with Crippen molar-refractivity contribution in [3.63, 3.8) is 0 Å². The molecule has 2 aliphatic rings. The van der Waals surface area contributed by atoms with Crippen molar-refractivity contribution in [1.82, 2.24) is 9.80 Å². The zero-order chi connectivity index (χ0) is 18.9. The summed E-state index contributed by atoms with van der Waals surface area (Å²) < 4.78 is 0. The van der Waals surface area contributed by atoms with E-state index >= 15 is 0 Å². The van der Waals surface area contributed by atoms with Crippen LogP contribution in [0.2, 0.25) is 0 Å². The maximum atomic E-state index is 13.2. The Morgan fingerprint density at radius 1 is 0.889 bits per heavy atom. The Hall–Kier alpha value is -2.27. The van der Waals surface area contributed by atoms with Crippen LogP contribution in [0.1, 0.15) is 39.1 Å². The minimum absolute atomic E-state index is 0.0882. The summed E-state index contributed by atoms with van der Waals surface area (Å²) in [7, 11) is 0.